The molecule has 0 radical (unpaired) electrons. The van der Waals surface area contributed by atoms with E-state index in [4.69, 9.17) is 4.74 Å². The first kappa shape index (κ1) is 13.6. The van der Waals surface area contributed by atoms with Gasteiger partial charge in [0.25, 0.3) is 0 Å². The summed E-state index contributed by atoms with van der Waals surface area (Å²) in [5.41, 5.74) is 0.933. The lowest BCUT2D eigenvalue weighted by atomic mass is 10.3. The summed E-state index contributed by atoms with van der Waals surface area (Å²) < 4.78 is 6.39. The van der Waals surface area contributed by atoms with Gasteiger partial charge in [0, 0.05) is 16.7 Å². The number of rotatable bonds is 5. The number of methoxy groups -OCH3 is 1. The van der Waals surface area contributed by atoms with Crippen molar-refractivity contribution in [2.75, 3.05) is 24.3 Å². The molecule has 2 rings (SSSR count). The van der Waals surface area contributed by atoms with E-state index in [1.54, 1.807) is 7.11 Å². The van der Waals surface area contributed by atoms with E-state index >= 15 is 0 Å². The molecule has 0 aliphatic carbocycles. The van der Waals surface area contributed by atoms with Crippen LogP contribution in [0.4, 0.5) is 17.3 Å². The van der Waals surface area contributed by atoms with Crippen LogP contribution in [-0.2, 0) is 0 Å². The molecule has 2 N–H and O–H groups in total. The van der Waals surface area contributed by atoms with Gasteiger partial charge in [-0.25, -0.2) is 9.97 Å². The molecule has 0 unspecified atom stereocenters. The minimum absolute atomic E-state index is 0.604. The van der Waals surface area contributed by atoms with Gasteiger partial charge in [0.2, 0.25) is 5.75 Å². The van der Waals surface area contributed by atoms with Gasteiger partial charge < -0.3 is 15.4 Å². The van der Waals surface area contributed by atoms with E-state index in [9.17, 15) is 0 Å². The summed E-state index contributed by atoms with van der Waals surface area (Å²) >= 11 is 3.40. The van der Waals surface area contributed by atoms with E-state index in [1.807, 2.05) is 31.2 Å². The van der Waals surface area contributed by atoms with Crippen molar-refractivity contribution in [3.8, 4) is 5.75 Å². The molecule has 19 heavy (non-hydrogen) atoms. The molecule has 0 saturated carbocycles. The van der Waals surface area contributed by atoms with Crippen LogP contribution in [0.3, 0.4) is 0 Å². The molecular formula is C13H15BrN4O. The number of nitrogens with one attached hydrogen (secondary N) is 2. The van der Waals surface area contributed by atoms with Gasteiger partial charge in [-0.1, -0.05) is 15.9 Å². The standard InChI is InChI=1S/C13H15BrN4O/c1-3-15-12-11(19-2)13(17-8-16-12)18-10-6-4-9(14)5-7-10/h4-8H,3H2,1-2H3,(H2,15,16,17,18). The normalized spacial score (nSPS) is 10.1. The molecule has 5 nitrogen and oxygen atoms in total. The zero-order chi connectivity index (χ0) is 13.7. The maximum absolute atomic E-state index is 5.37. The molecule has 0 bridgehead atoms. The highest BCUT2D eigenvalue weighted by Crippen LogP contribution is 2.31. The van der Waals surface area contributed by atoms with E-state index in [0.29, 0.717) is 17.4 Å². The van der Waals surface area contributed by atoms with E-state index in [2.05, 4.69) is 36.5 Å². The number of hydrogen-bond donors (Lipinski definition) is 2. The smallest absolute Gasteiger partial charge is 0.204 e. The van der Waals surface area contributed by atoms with Crippen LogP contribution in [-0.4, -0.2) is 23.6 Å². The fraction of sp³-hybridized carbons (Fsp3) is 0.231. The second-order valence-corrected chi connectivity index (χ2v) is 4.68. The first-order valence-corrected chi connectivity index (χ1v) is 6.69. The van der Waals surface area contributed by atoms with Crippen LogP contribution < -0.4 is 15.4 Å². The number of ether oxygens (including phenoxy) is 1. The second-order valence-electron chi connectivity index (χ2n) is 3.77. The number of anilines is 3. The summed E-state index contributed by atoms with van der Waals surface area (Å²) in [6.45, 7) is 2.77. The predicted octanol–water partition coefficient (Wildman–Crippen LogP) is 3.42. The number of benzene rings is 1. The molecule has 0 fully saturated rings. The van der Waals surface area contributed by atoms with Crippen LogP contribution in [0.25, 0.3) is 0 Å². The summed E-state index contributed by atoms with van der Waals surface area (Å²) in [5, 5.41) is 6.35. The van der Waals surface area contributed by atoms with Crippen molar-refractivity contribution < 1.29 is 4.74 Å². The van der Waals surface area contributed by atoms with Crippen molar-refractivity contribution >= 4 is 33.3 Å². The van der Waals surface area contributed by atoms with Crippen LogP contribution in [0.5, 0.6) is 5.75 Å². The lowest BCUT2D eigenvalue weighted by molar-refractivity contribution is 0.415. The molecule has 0 aliphatic rings. The van der Waals surface area contributed by atoms with Crippen LogP contribution >= 0.6 is 15.9 Å². The molecule has 100 valence electrons. The zero-order valence-electron chi connectivity index (χ0n) is 10.8. The largest absolute Gasteiger partial charge is 0.490 e. The van der Waals surface area contributed by atoms with Crippen LogP contribution in [0.15, 0.2) is 35.1 Å². The average molecular weight is 323 g/mol. The Morgan fingerprint density at radius 3 is 2.47 bits per heavy atom. The zero-order valence-corrected chi connectivity index (χ0v) is 12.4. The minimum atomic E-state index is 0.604. The molecule has 0 atom stereocenters. The van der Waals surface area contributed by atoms with Gasteiger partial charge in [-0.3, -0.25) is 0 Å². The van der Waals surface area contributed by atoms with Crippen LogP contribution in [0.2, 0.25) is 0 Å². The summed E-state index contributed by atoms with van der Waals surface area (Å²) in [7, 11) is 1.60. The fourth-order valence-corrected chi connectivity index (χ4v) is 1.88. The van der Waals surface area contributed by atoms with Crippen molar-refractivity contribution in [2.45, 2.75) is 6.92 Å². The van der Waals surface area contributed by atoms with Crippen LogP contribution in [0, 0.1) is 0 Å². The molecule has 1 heterocycles. The van der Waals surface area contributed by atoms with Crippen molar-refractivity contribution in [2.24, 2.45) is 0 Å². The Hall–Kier alpha value is -1.82. The van der Waals surface area contributed by atoms with Gasteiger partial charge >= 0.3 is 0 Å². The van der Waals surface area contributed by atoms with Crippen molar-refractivity contribution in [1.82, 2.24) is 9.97 Å². The summed E-state index contributed by atoms with van der Waals surface area (Å²) in [6, 6.07) is 7.83. The topological polar surface area (TPSA) is 59.1 Å². The van der Waals surface area contributed by atoms with Crippen LogP contribution in [0.1, 0.15) is 6.92 Å². The highest BCUT2D eigenvalue weighted by molar-refractivity contribution is 9.10. The highest BCUT2D eigenvalue weighted by Gasteiger charge is 2.11. The summed E-state index contributed by atoms with van der Waals surface area (Å²) in [4.78, 5) is 8.37. The SMILES string of the molecule is CCNc1ncnc(Nc2ccc(Br)cc2)c1OC. The van der Waals surface area contributed by atoms with Crippen molar-refractivity contribution in [1.29, 1.82) is 0 Å². The third-order valence-corrected chi connectivity index (χ3v) is 2.99. The Balaban J connectivity index is 2.28. The van der Waals surface area contributed by atoms with Crippen molar-refractivity contribution in [3.63, 3.8) is 0 Å². The minimum Gasteiger partial charge on any atom is -0.490 e. The average Bonchev–Trinajstić information content (AvgIpc) is 2.42. The molecule has 0 spiro atoms. The molecule has 1 aromatic carbocycles. The molecule has 1 aromatic heterocycles. The number of nitrogens with zero attached hydrogens (tertiary/aromatic N) is 2. The quantitative estimate of drug-likeness (QED) is 0.883. The molecule has 2 aromatic rings. The number of hydrogen-bond acceptors (Lipinski definition) is 5. The highest BCUT2D eigenvalue weighted by atomic mass is 79.9. The van der Waals surface area contributed by atoms with E-state index in [0.717, 1.165) is 16.7 Å². The monoisotopic (exact) mass is 322 g/mol. The Morgan fingerprint density at radius 1 is 1.16 bits per heavy atom. The van der Waals surface area contributed by atoms with Gasteiger partial charge in [-0.05, 0) is 31.2 Å². The first-order chi connectivity index (χ1) is 9.24. The lowest BCUT2D eigenvalue weighted by Crippen LogP contribution is -2.05. The number of aromatic nitrogens is 2. The molecule has 0 aliphatic heterocycles. The molecular weight excluding hydrogens is 308 g/mol. The predicted molar refractivity (Wildman–Crippen MR) is 80.2 cm³/mol. The summed E-state index contributed by atoms with van der Waals surface area (Å²) in [6.07, 6.45) is 1.50. The van der Waals surface area contributed by atoms with E-state index in [-0.39, 0.29) is 0 Å². The van der Waals surface area contributed by atoms with Gasteiger partial charge in [-0.2, -0.15) is 0 Å². The van der Waals surface area contributed by atoms with E-state index < -0.39 is 0 Å². The summed E-state index contributed by atoms with van der Waals surface area (Å²) in [5.74, 6) is 1.92. The van der Waals surface area contributed by atoms with Gasteiger partial charge in [-0.15, -0.1) is 0 Å². The second kappa shape index (κ2) is 6.38. The molecule has 0 saturated heterocycles. The molecule has 0 amide bonds. The Bertz CT molecular complexity index is 545. The van der Waals surface area contributed by atoms with Gasteiger partial charge in [0.1, 0.15) is 6.33 Å². The molecule has 6 heteroatoms. The number of halogens is 1. The third-order valence-electron chi connectivity index (χ3n) is 2.46. The maximum atomic E-state index is 5.37. The van der Waals surface area contributed by atoms with E-state index in [1.165, 1.54) is 6.33 Å². The Morgan fingerprint density at radius 2 is 1.84 bits per heavy atom. The maximum Gasteiger partial charge on any atom is 0.204 e. The Kier molecular flexibility index (Phi) is 4.57. The van der Waals surface area contributed by atoms with Gasteiger partial charge in [0.05, 0.1) is 7.11 Å². The Labute approximate surface area is 120 Å². The third kappa shape index (κ3) is 3.35. The van der Waals surface area contributed by atoms with Crippen molar-refractivity contribution in [3.05, 3.63) is 35.1 Å². The van der Waals surface area contributed by atoms with Gasteiger partial charge in [0.15, 0.2) is 11.6 Å². The fourth-order valence-electron chi connectivity index (χ4n) is 1.62. The first-order valence-electron chi connectivity index (χ1n) is 5.90. The lowest BCUT2D eigenvalue weighted by Gasteiger charge is -2.13.